The van der Waals surface area contributed by atoms with E-state index in [0.29, 0.717) is 47.3 Å². The molecule has 0 spiro atoms. The Labute approximate surface area is 495 Å². The minimum atomic E-state index is 0.547. The van der Waals surface area contributed by atoms with E-state index in [1.54, 1.807) is 150 Å². The lowest BCUT2D eigenvalue weighted by Crippen LogP contribution is -1.80. The van der Waals surface area contributed by atoms with Crippen LogP contribution in [0.5, 0.6) is 0 Å². The first-order valence-corrected chi connectivity index (χ1v) is 37.7. The molecular weight excluding hydrogens is 1330 g/mol. The van der Waals surface area contributed by atoms with Crippen LogP contribution >= 0.6 is 226 Å². The van der Waals surface area contributed by atoms with E-state index in [9.17, 15) is 0 Å². The van der Waals surface area contributed by atoms with Gasteiger partial charge in [-0.2, -0.15) is 0 Å². The number of ether oxygens (including phenoxy) is 7. The molecule has 0 unspecified atom stereocenters. The van der Waals surface area contributed by atoms with Crippen molar-refractivity contribution in [1.29, 1.82) is 0 Å². The highest BCUT2D eigenvalue weighted by Crippen LogP contribution is 2.47. The van der Waals surface area contributed by atoms with E-state index in [1.165, 1.54) is 126 Å². The maximum atomic E-state index is 4.99. The quantitative estimate of drug-likeness (QED) is 0.0170. The minimum absolute atomic E-state index is 0.547. The van der Waals surface area contributed by atoms with Crippen LogP contribution in [0, 0.1) is 0 Å². The third-order valence-corrected chi connectivity index (χ3v) is 28.5. The van der Waals surface area contributed by atoms with Crippen LogP contribution in [0.4, 0.5) is 0 Å². The number of rotatable bonds is 31. The number of aromatic nitrogens is 14. The van der Waals surface area contributed by atoms with Gasteiger partial charge >= 0.3 is 0 Å². The summed E-state index contributed by atoms with van der Waals surface area (Å²) >= 11 is 27.8. The molecule has 0 aliphatic carbocycles. The average Bonchev–Trinajstić information content (AvgIpc) is 4.26. The van der Waals surface area contributed by atoms with Crippen LogP contribution in [-0.2, 0) is 51.5 Å². The number of thioether (sulfide) groups is 7. The minimum Gasteiger partial charge on any atom is -0.786 e. The van der Waals surface area contributed by atoms with Gasteiger partial charge in [-0.05, 0) is 64.8 Å². The number of hydrogen-bond acceptors (Lipinski definition) is 42. The summed E-state index contributed by atoms with van der Waals surface area (Å²) in [6.07, 6.45) is 0. The van der Waals surface area contributed by atoms with Gasteiger partial charge in [-0.25, -0.2) is 0 Å². The van der Waals surface area contributed by atoms with Gasteiger partial charge in [0.2, 0.25) is 0 Å². The Bertz CT molecular complexity index is 2270. The van der Waals surface area contributed by atoms with Crippen LogP contribution in [0.2, 0.25) is 0 Å². The van der Waals surface area contributed by atoms with Gasteiger partial charge in [0.1, 0.15) is 0 Å². The Hall–Kier alpha value is 1.54. The molecule has 0 radical (unpaired) electrons. The Morgan fingerprint density at radius 3 is 0.789 bits per heavy atom. The van der Waals surface area contributed by atoms with E-state index < -0.39 is 0 Å². The number of methoxy groups -OCH3 is 7. The summed E-state index contributed by atoms with van der Waals surface area (Å²) in [7, 11) is 19.4. The van der Waals surface area contributed by atoms with Gasteiger partial charge in [0.25, 0.3) is 0 Å². The molecular formula is C29H37N14O7S21-. The molecule has 0 saturated heterocycles. The monoisotopic (exact) mass is 1360 g/mol. The molecule has 0 atom stereocenters. The van der Waals surface area contributed by atoms with Crippen LogP contribution in [0.15, 0.2) is 56.4 Å². The molecule has 42 heteroatoms. The van der Waals surface area contributed by atoms with Crippen LogP contribution < -0.4 is 0 Å². The Balaban J connectivity index is 0.000000210. The molecule has 0 aromatic carbocycles. The summed E-state index contributed by atoms with van der Waals surface area (Å²) in [5.74, 6) is 4.68. The van der Waals surface area contributed by atoms with Crippen molar-refractivity contribution >= 4 is 239 Å². The zero-order chi connectivity index (χ0) is 50.7. The molecule has 7 rings (SSSR count). The van der Waals surface area contributed by atoms with Gasteiger partial charge in [0, 0.05) is 49.8 Å². The van der Waals surface area contributed by atoms with Crippen molar-refractivity contribution < 1.29 is 33.2 Å². The van der Waals surface area contributed by atoms with E-state index in [2.05, 4.69) is 71.4 Å². The maximum Gasteiger partial charge on any atom is 0.186 e. The van der Waals surface area contributed by atoms with Crippen molar-refractivity contribution in [2.75, 3.05) is 91.3 Å². The fraction of sp³-hybridized carbons (Fsp3) is 0.517. The van der Waals surface area contributed by atoms with E-state index in [4.69, 9.17) is 45.8 Å². The van der Waals surface area contributed by atoms with Gasteiger partial charge in [0.15, 0.2) is 56.4 Å². The van der Waals surface area contributed by atoms with Gasteiger partial charge in [-0.3, -0.25) is 0 Å². The van der Waals surface area contributed by atoms with E-state index in [0.717, 1.165) is 61.4 Å². The normalized spacial score (nSPS) is 11.0. The van der Waals surface area contributed by atoms with Gasteiger partial charge in [-0.1, -0.05) is 162 Å². The van der Waals surface area contributed by atoms with E-state index in [1.807, 2.05) is 0 Å². The first kappa shape index (κ1) is 65.1. The van der Waals surface area contributed by atoms with Crippen molar-refractivity contribution in [2.45, 2.75) is 62.2 Å². The Kier molecular flexibility index (Phi) is 38.1. The maximum absolute atomic E-state index is 4.99. The molecule has 71 heavy (non-hydrogen) atoms. The van der Waals surface area contributed by atoms with Crippen molar-refractivity contribution in [3.63, 3.8) is 0 Å². The highest BCUT2D eigenvalue weighted by molar-refractivity contribution is 9.09. The first-order valence-electron chi connectivity index (χ1n) is 18.1. The number of nitrogens with zero attached hydrogens (tertiary/aromatic N) is 14. The van der Waals surface area contributed by atoms with Gasteiger partial charge in [-0.15, -0.1) is 77.1 Å². The van der Waals surface area contributed by atoms with Crippen molar-refractivity contribution in [1.82, 2.24) is 71.4 Å². The number of hydrogen-bond donors (Lipinski definition) is 0. The zero-order valence-electron chi connectivity index (χ0n) is 37.3. The largest absolute Gasteiger partial charge is 0.786 e. The van der Waals surface area contributed by atoms with Gasteiger partial charge < -0.3 is 45.8 Å². The summed E-state index contributed by atoms with van der Waals surface area (Å²) in [6.45, 7) is 0. The molecule has 0 bridgehead atoms. The van der Waals surface area contributed by atoms with E-state index >= 15 is 0 Å². The summed E-state index contributed by atoms with van der Waals surface area (Å²) < 4.78 is 46.4. The van der Waals surface area contributed by atoms with Crippen LogP contribution in [0.25, 0.3) is 0 Å². The molecule has 392 valence electrons. The third kappa shape index (κ3) is 28.8. The molecule has 7 aromatic heterocycles. The molecule has 0 N–H and O–H groups in total. The standard InChI is InChI=1S/C8H10N4O2S7.C8H10N4O2S6.C8H10N4O2S5.C5H8N2OS3/c1-13-3-15-5-9-11-7(17-5)19-21-20-8-12-10-6(18-8)16-4-14-2;1-13-3-15-5-9-11-7(17-5)19-20-8-12-10-6(18-8)16-4-14-2;1-13-3-15-5-9-11-7(17-5)19-8-12-10-6(18-8)16-4-14-2;1-8-3-10-5-7-6-4(2-9)11-5/h3-4H2,1-2H3;3-4H2,1-2H3;3-4H2,1-2H3;9H,2-3H2,1H3/p-1. The fourth-order valence-corrected chi connectivity index (χ4v) is 23.0. The van der Waals surface area contributed by atoms with Crippen molar-refractivity contribution in [2.24, 2.45) is 0 Å². The lowest BCUT2D eigenvalue weighted by molar-refractivity contribution is 0.259. The molecule has 21 nitrogen and oxygen atoms in total. The second-order valence-electron chi connectivity index (χ2n) is 10.5. The van der Waals surface area contributed by atoms with Crippen molar-refractivity contribution in [3.05, 3.63) is 5.01 Å². The molecule has 0 fully saturated rings. The summed E-state index contributed by atoms with van der Waals surface area (Å²) in [4.78, 5) is 0. The van der Waals surface area contributed by atoms with Crippen molar-refractivity contribution in [3.8, 4) is 0 Å². The van der Waals surface area contributed by atoms with Crippen LogP contribution in [0.1, 0.15) is 5.01 Å². The molecule has 7 heterocycles. The van der Waals surface area contributed by atoms with Gasteiger partial charge in [0.05, 0.1) is 46.6 Å². The smallest absolute Gasteiger partial charge is 0.186 e. The summed E-state index contributed by atoms with van der Waals surface area (Å²) in [6, 6.07) is 0. The lowest BCUT2D eigenvalue weighted by atomic mass is 10.9. The zero-order valence-corrected chi connectivity index (χ0v) is 54.5. The predicted molar refractivity (Wildman–Crippen MR) is 310 cm³/mol. The lowest BCUT2D eigenvalue weighted by Gasteiger charge is -1.93. The van der Waals surface area contributed by atoms with Crippen LogP contribution in [0.3, 0.4) is 0 Å². The Morgan fingerprint density at radius 1 is 0.296 bits per heavy atom. The summed E-state index contributed by atoms with van der Waals surface area (Å²) in [5, 5.41) is 57.8. The molecule has 0 amide bonds. The topological polar surface area (TPSA) is 245 Å². The second kappa shape index (κ2) is 41.6. The molecule has 0 saturated carbocycles. The molecule has 7 aromatic rings. The Morgan fingerprint density at radius 2 is 0.521 bits per heavy atom. The SMILES string of the molecule is COCSc1nnc(C[S-])s1.COCSc1nnc(SSSc2nnc(SCOC)s2)s1.COCSc1nnc(SSc2nnc(SCOC)s2)s1.COCSc1nnc(Sc2nnc(SCOC)s2)s1. The predicted octanol–water partition coefficient (Wildman–Crippen LogP) is 12.0. The summed E-state index contributed by atoms with van der Waals surface area (Å²) in [5.41, 5.74) is 0. The molecule has 0 aliphatic rings. The average molecular weight is 1370 g/mol. The second-order valence-corrected chi connectivity index (χ2v) is 34.4. The molecule has 0 aliphatic heterocycles. The highest BCUT2D eigenvalue weighted by atomic mass is 33.5. The third-order valence-electron chi connectivity index (χ3n) is 5.57. The van der Waals surface area contributed by atoms with Crippen LogP contribution in [-0.4, -0.2) is 163 Å². The highest BCUT2D eigenvalue weighted by Gasteiger charge is 2.13. The van der Waals surface area contributed by atoms with E-state index in [-0.39, 0.29) is 0 Å². The fourth-order valence-electron chi connectivity index (χ4n) is 3.09. The first-order chi connectivity index (χ1) is 34.8.